The van der Waals surface area contributed by atoms with Gasteiger partial charge in [0.25, 0.3) is 0 Å². The maximum atomic E-state index is 12.1. The van der Waals surface area contributed by atoms with Crippen molar-refractivity contribution >= 4 is 29.1 Å². The van der Waals surface area contributed by atoms with Crippen molar-refractivity contribution in [2.24, 2.45) is 0 Å². The Bertz CT molecular complexity index is 749. The number of anilines is 1. The predicted octanol–water partition coefficient (Wildman–Crippen LogP) is 3.56. The molecule has 0 aromatic heterocycles. The summed E-state index contributed by atoms with van der Waals surface area (Å²) in [6.45, 7) is 6.19. The fraction of sp³-hybridized carbons (Fsp3) is 0.263. The van der Waals surface area contributed by atoms with E-state index in [9.17, 15) is 9.59 Å². The van der Waals surface area contributed by atoms with Crippen LogP contribution in [0.5, 0.6) is 0 Å². The number of halogens is 1. The van der Waals surface area contributed by atoms with Crippen LogP contribution in [0.4, 0.5) is 5.69 Å². The molecule has 5 heteroatoms. The van der Waals surface area contributed by atoms with E-state index in [1.807, 2.05) is 51.1 Å². The van der Waals surface area contributed by atoms with Crippen molar-refractivity contribution in [2.75, 3.05) is 11.9 Å². The molecule has 0 radical (unpaired) electrons. The zero-order valence-corrected chi connectivity index (χ0v) is 14.8. The molecule has 2 aromatic rings. The highest BCUT2D eigenvalue weighted by molar-refractivity contribution is 6.39. The van der Waals surface area contributed by atoms with E-state index >= 15 is 0 Å². The summed E-state index contributed by atoms with van der Waals surface area (Å²) in [5, 5.41) is 5.97. The molecule has 2 rings (SSSR count). The summed E-state index contributed by atoms with van der Waals surface area (Å²) in [7, 11) is 0. The summed E-state index contributed by atoms with van der Waals surface area (Å²) in [5.74, 6) is -1.30. The maximum absolute atomic E-state index is 12.1. The number of amides is 2. The number of hydrogen-bond acceptors (Lipinski definition) is 2. The Hall–Kier alpha value is -2.33. The smallest absolute Gasteiger partial charge is 0.313 e. The average molecular weight is 345 g/mol. The first-order valence-electron chi connectivity index (χ1n) is 7.78. The van der Waals surface area contributed by atoms with Gasteiger partial charge in [-0.3, -0.25) is 9.59 Å². The Balaban J connectivity index is 1.90. The fourth-order valence-corrected chi connectivity index (χ4v) is 2.85. The third kappa shape index (κ3) is 4.83. The normalized spacial score (nSPS) is 10.3. The van der Waals surface area contributed by atoms with Crippen molar-refractivity contribution in [1.82, 2.24) is 5.32 Å². The van der Waals surface area contributed by atoms with Gasteiger partial charge in [-0.15, -0.1) is 0 Å². The van der Waals surface area contributed by atoms with Crippen LogP contribution in [0.1, 0.15) is 22.3 Å². The Morgan fingerprint density at radius 3 is 2.29 bits per heavy atom. The third-order valence-corrected chi connectivity index (χ3v) is 3.95. The van der Waals surface area contributed by atoms with E-state index in [2.05, 4.69) is 10.6 Å². The molecule has 0 aliphatic heterocycles. The standard InChI is InChI=1S/C19H21ClN2O2/c1-12-9-13(2)17(14(3)10-12)22-19(24)18(23)21-8-7-15-5-4-6-16(20)11-15/h4-6,9-11H,7-8H2,1-3H3,(H,21,23)(H,22,24). The Morgan fingerprint density at radius 1 is 1.00 bits per heavy atom. The van der Waals surface area contributed by atoms with Crippen LogP contribution in [0.3, 0.4) is 0 Å². The van der Waals surface area contributed by atoms with Crippen LogP contribution in [0.25, 0.3) is 0 Å². The lowest BCUT2D eigenvalue weighted by Crippen LogP contribution is -2.36. The summed E-state index contributed by atoms with van der Waals surface area (Å²) in [4.78, 5) is 24.0. The topological polar surface area (TPSA) is 58.2 Å². The number of benzene rings is 2. The van der Waals surface area contributed by atoms with Gasteiger partial charge in [-0.2, -0.15) is 0 Å². The minimum absolute atomic E-state index is 0.373. The molecule has 0 atom stereocenters. The van der Waals surface area contributed by atoms with Gasteiger partial charge >= 0.3 is 11.8 Å². The van der Waals surface area contributed by atoms with Crippen LogP contribution >= 0.6 is 11.6 Å². The van der Waals surface area contributed by atoms with Gasteiger partial charge in [0.2, 0.25) is 0 Å². The van der Waals surface area contributed by atoms with Crippen molar-refractivity contribution in [3.63, 3.8) is 0 Å². The molecule has 0 saturated carbocycles. The second-order valence-electron chi connectivity index (χ2n) is 5.86. The average Bonchev–Trinajstić information content (AvgIpc) is 2.50. The first-order valence-corrected chi connectivity index (χ1v) is 8.16. The van der Waals surface area contributed by atoms with Gasteiger partial charge in [0, 0.05) is 17.3 Å². The molecular formula is C19H21ClN2O2. The number of carbonyl (C=O) groups excluding carboxylic acids is 2. The van der Waals surface area contributed by atoms with Gasteiger partial charge in [0.15, 0.2) is 0 Å². The molecule has 0 unspecified atom stereocenters. The third-order valence-electron chi connectivity index (χ3n) is 3.71. The molecule has 0 fully saturated rings. The van der Waals surface area contributed by atoms with Gasteiger partial charge in [0.1, 0.15) is 0 Å². The lowest BCUT2D eigenvalue weighted by Gasteiger charge is -2.12. The summed E-state index contributed by atoms with van der Waals surface area (Å²) in [6.07, 6.45) is 0.613. The van der Waals surface area contributed by atoms with E-state index in [1.54, 1.807) is 6.07 Å². The Labute approximate surface area is 147 Å². The van der Waals surface area contributed by atoms with E-state index in [4.69, 9.17) is 11.6 Å². The molecule has 126 valence electrons. The zero-order chi connectivity index (χ0) is 17.7. The van der Waals surface area contributed by atoms with Gasteiger partial charge in [-0.05, 0) is 56.0 Å². The summed E-state index contributed by atoms with van der Waals surface area (Å²) >= 11 is 5.92. The first-order chi connectivity index (χ1) is 11.4. The van der Waals surface area contributed by atoms with Crippen molar-refractivity contribution in [3.8, 4) is 0 Å². The van der Waals surface area contributed by atoms with Crippen LogP contribution in [0, 0.1) is 20.8 Å². The van der Waals surface area contributed by atoms with Crippen molar-refractivity contribution < 1.29 is 9.59 Å². The molecule has 24 heavy (non-hydrogen) atoms. The summed E-state index contributed by atoms with van der Waals surface area (Å²) < 4.78 is 0. The van der Waals surface area contributed by atoms with Crippen LogP contribution in [0.2, 0.25) is 5.02 Å². The second kappa shape index (κ2) is 7.97. The van der Waals surface area contributed by atoms with Crippen LogP contribution in [-0.4, -0.2) is 18.4 Å². The Kier molecular flexibility index (Phi) is 5.99. The molecule has 0 aliphatic rings. The highest BCUT2D eigenvalue weighted by Crippen LogP contribution is 2.21. The van der Waals surface area contributed by atoms with Crippen LogP contribution < -0.4 is 10.6 Å². The highest BCUT2D eigenvalue weighted by Gasteiger charge is 2.15. The maximum Gasteiger partial charge on any atom is 0.313 e. The van der Waals surface area contributed by atoms with Crippen LogP contribution in [-0.2, 0) is 16.0 Å². The van der Waals surface area contributed by atoms with Crippen molar-refractivity contribution in [1.29, 1.82) is 0 Å². The first kappa shape index (κ1) is 18.0. The Morgan fingerprint density at radius 2 is 1.67 bits per heavy atom. The largest absolute Gasteiger partial charge is 0.347 e. The SMILES string of the molecule is Cc1cc(C)c(NC(=O)C(=O)NCCc2cccc(Cl)c2)c(C)c1. The van der Waals surface area contributed by atoms with E-state index in [1.165, 1.54) is 0 Å². The summed E-state index contributed by atoms with van der Waals surface area (Å²) in [5.41, 5.74) is 4.69. The van der Waals surface area contributed by atoms with Gasteiger partial charge < -0.3 is 10.6 Å². The number of hydrogen-bond donors (Lipinski definition) is 2. The molecule has 2 aromatic carbocycles. The lowest BCUT2D eigenvalue weighted by molar-refractivity contribution is -0.136. The van der Waals surface area contributed by atoms with E-state index < -0.39 is 11.8 Å². The molecule has 0 aliphatic carbocycles. The van der Waals surface area contributed by atoms with Gasteiger partial charge in [0.05, 0.1) is 0 Å². The zero-order valence-electron chi connectivity index (χ0n) is 14.1. The number of rotatable bonds is 4. The second-order valence-corrected chi connectivity index (χ2v) is 6.30. The quantitative estimate of drug-likeness (QED) is 0.833. The molecule has 0 heterocycles. The highest BCUT2D eigenvalue weighted by atomic mass is 35.5. The molecule has 0 spiro atoms. The molecule has 2 amide bonds. The number of carbonyl (C=O) groups is 2. The minimum atomic E-state index is -0.656. The van der Waals surface area contributed by atoms with Crippen molar-refractivity contribution in [3.05, 3.63) is 63.7 Å². The predicted molar refractivity (Wildman–Crippen MR) is 97.4 cm³/mol. The van der Waals surface area contributed by atoms with Gasteiger partial charge in [-0.25, -0.2) is 0 Å². The number of nitrogens with one attached hydrogen (secondary N) is 2. The summed E-state index contributed by atoms with van der Waals surface area (Å²) in [6, 6.07) is 11.4. The fourth-order valence-electron chi connectivity index (χ4n) is 2.64. The minimum Gasteiger partial charge on any atom is -0.347 e. The molecule has 4 nitrogen and oxygen atoms in total. The number of aryl methyl sites for hydroxylation is 3. The van der Waals surface area contributed by atoms with E-state index in [0.717, 1.165) is 22.3 Å². The van der Waals surface area contributed by atoms with Crippen LogP contribution in [0.15, 0.2) is 36.4 Å². The molecule has 2 N–H and O–H groups in total. The molecule has 0 saturated heterocycles. The van der Waals surface area contributed by atoms with E-state index in [0.29, 0.717) is 23.7 Å². The van der Waals surface area contributed by atoms with Gasteiger partial charge in [-0.1, -0.05) is 41.4 Å². The lowest BCUT2D eigenvalue weighted by atomic mass is 10.1. The molecular weight excluding hydrogens is 324 g/mol. The van der Waals surface area contributed by atoms with Crippen molar-refractivity contribution in [2.45, 2.75) is 27.2 Å². The molecule has 0 bridgehead atoms. The van der Waals surface area contributed by atoms with E-state index in [-0.39, 0.29) is 0 Å². The monoisotopic (exact) mass is 344 g/mol.